The molecule has 3 aromatic rings. The highest BCUT2D eigenvalue weighted by Gasteiger charge is 2.25. The molecule has 1 aliphatic heterocycles. The van der Waals surface area contributed by atoms with Crippen molar-refractivity contribution in [2.24, 2.45) is 0 Å². The lowest BCUT2D eigenvalue weighted by atomic mass is 10.1. The van der Waals surface area contributed by atoms with E-state index >= 15 is 0 Å². The van der Waals surface area contributed by atoms with Crippen molar-refractivity contribution in [1.82, 2.24) is 9.88 Å². The molecule has 0 saturated carbocycles. The number of nitrogens with zero attached hydrogens (tertiary/aromatic N) is 2. The summed E-state index contributed by atoms with van der Waals surface area (Å²) >= 11 is 0. The highest BCUT2D eigenvalue weighted by molar-refractivity contribution is 7.93. The van der Waals surface area contributed by atoms with Crippen LogP contribution in [0.4, 0.5) is 11.5 Å². The Bertz CT molecular complexity index is 1440. The third-order valence-corrected chi connectivity index (χ3v) is 8.43. The first kappa shape index (κ1) is 25.5. The molecule has 1 fully saturated rings. The van der Waals surface area contributed by atoms with E-state index in [4.69, 9.17) is 4.74 Å². The molecule has 4 rings (SSSR count). The average molecular weight is 531 g/mol. The van der Waals surface area contributed by atoms with Crippen LogP contribution in [0.5, 0.6) is 5.75 Å². The van der Waals surface area contributed by atoms with Gasteiger partial charge in [-0.3, -0.25) is 14.2 Å². The molecule has 2 N–H and O–H groups in total. The molecule has 1 amide bonds. The van der Waals surface area contributed by atoms with Crippen LogP contribution in [-0.2, 0) is 20.0 Å². The number of carbonyl (C=O) groups is 1. The van der Waals surface area contributed by atoms with Crippen LogP contribution in [-0.4, -0.2) is 52.8 Å². The Morgan fingerprint density at radius 2 is 1.53 bits per heavy atom. The fourth-order valence-electron chi connectivity index (χ4n) is 3.82. The van der Waals surface area contributed by atoms with Crippen molar-refractivity contribution in [3.05, 3.63) is 72.4 Å². The second kappa shape index (κ2) is 10.5. The van der Waals surface area contributed by atoms with Crippen LogP contribution in [0.2, 0.25) is 0 Å². The normalized spacial score (nSPS) is 14.2. The number of carbonyl (C=O) groups excluding carboxylic acids is 1. The topological polar surface area (TPSA) is 135 Å². The summed E-state index contributed by atoms with van der Waals surface area (Å²) in [5, 5.41) is 0. The molecule has 0 spiro atoms. The number of piperidine rings is 1. The van der Waals surface area contributed by atoms with Crippen molar-refractivity contribution in [3.63, 3.8) is 0 Å². The average Bonchev–Trinajstić information content (AvgIpc) is 2.89. The number of benzene rings is 2. The second-order valence-corrected chi connectivity index (χ2v) is 11.5. The Morgan fingerprint density at radius 1 is 0.861 bits per heavy atom. The van der Waals surface area contributed by atoms with Crippen LogP contribution >= 0.6 is 0 Å². The lowest BCUT2D eigenvalue weighted by Crippen LogP contribution is -2.35. The first-order valence-corrected chi connectivity index (χ1v) is 14.2. The lowest BCUT2D eigenvalue weighted by Gasteiger charge is -2.27. The molecule has 1 aromatic heterocycles. The number of sulfonamides is 2. The third kappa shape index (κ3) is 5.77. The van der Waals surface area contributed by atoms with Gasteiger partial charge in [-0.2, -0.15) is 0 Å². The van der Waals surface area contributed by atoms with Crippen molar-refractivity contribution in [3.8, 4) is 5.75 Å². The van der Waals surface area contributed by atoms with E-state index in [9.17, 15) is 21.6 Å². The van der Waals surface area contributed by atoms with Gasteiger partial charge in [0.2, 0.25) is 0 Å². The number of aromatic nitrogens is 1. The molecule has 0 aliphatic carbocycles. The van der Waals surface area contributed by atoms with Gasteiger partial charge in [0.25, 0.3) is 26.0 Å². The number of ether oxygens (including phenoxy) is 1. The molecule has 2 heterocycles. The smallest absolute Gasteiger partial charge is 0.263 e. The number of pyridine rings is 1. The third-order valence-electron chi connectivity index (χ3n) is 5.68. The number of likely N-dealkylation sites (tertiary alicyclic amines) is 1. The molecular weight excluding hydrogens is 504 g/mol. The number of nitrogens with one attached hydrogen (secondary N) is 2. The standard InChI is InChI=1S/C24H26N4O6S2/c1-34-22-13-12-20(17-21(22)24(29)28-15-5-2-6-16-28)36(32,33)26-18-8-10-19(11-9-18)35(30,31)27-23-7-3-4-14-25-23/h3-4,7-14,17,26H,2,5-6,15-16H2,1H3,(H,25,27). The van der Waals surface area contributed by atoms with Gasteiger partial charge in [-0.15, -0.1) is 0 Å². The zero-order valence-electron chi connectivity index (χ0n) is 19.5. The number of anilines is 2. The first-order valence-electron chi connectivity index (χ1n) is 11.2. The first-order chi connectivity index (χ1) is 17.2. The Hall–Kier alpha value is -3.64. The lowest BCUT2D eigenvalue weighted by molar-refractivity contribution is 0.0720. The van der Waals surface area contributed by atoms with Gasteiger partial charge >= 0.3 is 0 Å². The Kier molecular flexibility index (Phi) is 7.45. The van der Waals surface area contributed by atoms with Gasteiger partial charge in [0.15, 0.2) is 0 Å². The number of rotatable bonds is 8. The summed E-state index contributed by atoms with van der Waals surface area (Å²) in [5.41, 5.74) is 0.329. The summed E-state index contributed by atoms with van der Waals surface area (Å²) < 4.78 is 61.4. The van der Waals surface area contributed by atoms with E-state index in [2.05, 4.69) is 14.4 Å². The van der Waals surface area contributed by atoms with Gasteiger partial charge in [-0.25, -0.2) is 21.8 Å². The highest BCUT2D eigenvalue weighted by atomic mass is 32.2. The Balaban J connectivity index is 1.53. The van der Waals surface area contributed by atoms with Crippen molar-refractivity contribution >= 4 is 37.5 Å². The molecule has 1 aliphatic rings. The van der Waals surface area contributed by atoms with Gasteiger partial charge < -0.3 is 9.64 Å². The van der Waals surface area contributed by atoms with Crippen molar-refractivity contribution < 1.29 is 26.4 Å². The minimum Gasteiger partial charge on any atom is -0.496 e. The van der Waals surface area contributed by atoms with E-state index in [-0.39, 0.29) is 32.8 Å². The van der Waals surface area contributed by atoms with Crippen molar-refractivity contribution in [2.45, 2.75) is 29.1 Å². The summed E-state index contributed by atoms with van der Waals surface area (Å²) in [6, 6.07) is 14.2. The maximum absolute atomic E-state index is 13.1. The molecule has 12 heteroatoms. The van der Waals surface area contributed by atoms with Gasteiger partial charge in [-0.05, 0) is 73.9 Å². The maximum Gasteiger partial charge on any atom is 0.263 e. The molecule has 36 heavy (non-hydrogen) atoms. The zero-order valence-corrected chi connectivity index (χ0v) is 21.2. The fraction of sp³-hybridized carbons (Fsp3) is 0.250. The second-order valence-electron chi connectivity index (χ2n) is 8.17. The van der Waals surface area contributed by atoms with Crippen LogP contribution in [0.3, 0.4) is 0 Å². The fourth-order valence-corrected chi connectivity index (χ4v) is 5.92. The maximum atomic E-state index is 13.1. The number of hydrogen-bond donors (Lipinski definition) is 2. The largest absolute Gasteiger partial charge is 0.496 e. The molecule has 0 atom stereocenters. The molecule has 1 saturated heterocycles. The van der Waals surface area contributed by atoms with Crippen molar-refractivity contribution in [1.29, 1.82) is 0 Å². The Morgan fingerprint density at radius 3 is 2.17 bits per heavy atom. The monoisotopic (exact) mass is 530 g/mol. The minimum atomic E-state index is -4.07. The molecule has 0 unspecified atom stereocenters. The summed E-state index contributed by atoms with van der Waals surface area (Å²) in [5.74, 6) is 0.176. The van der Waals surface area contributed by atoms with Crippen LogP contribution in [0.1, 0.15) is 29.6 Å². The van der Waals surface area contributed by atoms with Crippen molar-refractivity contribution in [2.75, 3.05) is 29.6 Å². The van der Waals surface area contributed by atoms with Crippen LogP contribution in [0.25, 0.3) is 0 Å². The predicted molar refractivity (Wildman–Crippen MR) is 135 cm³/mol. The summed E-state index contributed by atoms with van der Waals surface area (Å²) in [6.45, 7) is 1.23. The summed E-state index contributed by atoms with van der Waals surface area (Å²) in [6.07, 6.45) is 4.31. The summed E-state index contributed by atoms with van der Waals surface area (Å²) in [7, 11) is -6.55. The van der Waals surface area contributed by atoms with Crippen LogP contribution in [0, 0.1) is 0 Å². The Labute approximate surface area is 210 Å². The van der Waals surface area contributed by atoms with E-state index in [1.807, 2.05) is 0 Å². The van der Waals surface area contributed by atoms with E-state index in [1.165, 1.54) is 61.8 Å². The van der Waals surface area contributed by atoms with Crippen LogP contribution in [0.15, 0.2) is 76.7 Å². The number of hydrogen-bond acceptors (Lipinski definition) is 7. The predicted octanol–water partition coefficient (Wildman–Crippen LogP) is 3.32. The molecule has 0 radical (unpaired) electrons. The van der Waals surface area contributed by atoms with Gasteiger partial charge in [0.1, 0.15) is 11.6 Å². The molecule has 10 nitrogen and oxygen atoms in total. The summed E-state index contributed by atoms with van der Waals surface area (Å²) in [4.78, 5) is 18.5. The SMILES string of the molecule is COc1ccc(S(=O)(=O)Nc2ccc(S(=O)(=O)Nc3ccccn3)cc2)cc1C(=O)N1CCCCC1. The molecule has 2 aromatic carbocycles. The quantitative estimate of drug-likeness (QED) is 0.456. The van der Waals surface area contributed by atoms with E-state index in [0.717, 1.165) is 19.3 Å². The molecule has 0 bridgehead atoms. The van der Waals surface area contributed by atoms with Crippen LogP contribution < -0.4 is 14.2 Å². The number of amides is 1. The van der Waals surface area contributed by atoms with E-state index < -0.39 is 20.0 Å². The zero-order chi connectivity index (χ0) is 25.8. The molecular formula is C24H26N4O6S2. The molecule has 190 valence electrons. The van der Waals surface area contributed by atoms with Gasteiger partial charge in [0.05, 0.1) is 22.5 Å². The van der Waals surface area contributed by atoms with E-state index in [1.54, 1.807) is 17.0 Å². The number of methoxy groups -OCH3 is 1. The minimum absolute atomic E-state index is 0.0602. The van der Waals surface area contributed by atoms with E-state index in [0.29, 0.717) is 18.8 Å². The highest BCUT2D eigenvalue weighted by Crippen LogP contribution is 2.27. The van der Waals surface area contributed by atoms with Gasteiger partial charge in [0, 0.05) is 25.0 Å². The van der Waals surface area contributed by atoms with Gasteiger partial charge in [-0.1, -0.05) is 6.07 Å².